The van der Waals surface area contributed by atoms with Gasteiger partial charge < -0.3 is 14.1 Å². The zero-order chi connectivity index (χ0) is 14.1. The summed E-state index contributed by atoms with van der Waals surface area (Å²) in [7, 11) is 0. The molecule has 0 aliphatic heterocycles. The summed E-state index contributed by atoms with van der Waals surface area (Å²) in [5.41, 5.74) is 1.61. The number of nitrogens with zero attached hydrogens (tertiary/aromatic N) is 2. The monoisotopic (exact) mass is 270 g/mol. The molecule has 20 heavy (non-hydrogen) atoms. The van der Waals surface area contributed by atoms with Gasteiger partial charge in [-0.1, -0.05) is 13.0 Å². The van der Waals surface area contributed by atoms with Gasteiger partial charge in [0.1, 0.15) is 11.6 Å². The Bertz CT molecular complexity index is 757. The first kappa shape index (κ1) is 12.5. The Morgan fingerprint density at radius 3 is 2.85 bits per heavy atom. The van der Waals surface area contributed by atoms with E-state index in [-0.39, 0.29) is 5.56 Å². The van der Waals surface area contributed by atoms with Crippen molar-refractivity contribution in [3.05, 3.63) is 53.7 Å². The average molecular weight is 270 g/mol. The van der Waals surface area contributed by atoms with E-state index in [1.54, 1.807) is 18.4 Å². The van der Waals surface area contributed by atoms with Gasteiger partial charge in [0.25, 0.3) is 0 Å². The summed E-state index contributed by atoms with van der Waals surface area (Å²) < 4.78 is 7.27. The van der Waals surface area contributed by atoms with Gasteiger partial charge in [-0.15, -0.1) is 0 Å². The largest absolute Gasteiger partial charge is 0.478 e. The van der Waals surface area contributed by atoms with Crippen molar-refractivity contribution in [1.82, 2.24) is 9.55 Å². The van der Waals surface area contributed by atoms with Crippen molar-refractivity contribution in [1.29, 1.82) is 0 Å². The minimum absolute atomic E-state index is 0.265. The minimum Gasteiger partial charge on any atom is -0.478 e. The fourth-order valence-corrected chi connectivity index (χ4v) is 2.40. The van der Waals surface area contributed by atoms with Crippen LogP contribution in [-0.2, 0) is 13.0 Å². The third kappa shape index (κ3) is 1.97. The number of imidazole rings is 1. The number of rotatable bonds is 4. The Labute approximate surface area is 115 Å². The van der Waals surface area contributed by atoms with E-state index in [0.29, 0.717) is 17.6 Å². The topological polar surface area (TPSA) is 68.3 Å². The summed E-state index contributed by atoms with van der Waals surface area (Å²) in [6.07, 6.45) is 2.34. The van der Waals surface area contributed by atoms with E-state index in [1.165, 1.54) is 0 Å². The number of furan rings is 1. The number of para-hydroxylation sites is 1. The highest BCUT2D eigenvalue weighted by Gasteiger charge is 2.17. The molecule has 1 aromatic carbocycles. The van der Waals surface area contributed by atoms with Gasteiger partial charge in [0.05, 0.1) is 29.4 Å². The van der Waals surface area contributed by atoms with Crippen molar-refractivity contribution < 1.29 is 14.3 Å². The van der Waals surface area contributed by atoms with E-state index in [2.05, 4.69) is 4.98 Å². The summed E-state index contributed by atoms with van der Waals surface area (Å²) in [6.45, 7) is 2.48. The Morgan fingerprint density at radius 2 is 2.20 bits per heavy atom. The Morgan fingerprint density at radius 1 is 1.35 bits per heavy atom. The summed E-state index contributed by atoms with van der Waals surface area (Å²) in [6, 6.07) is 8.84. The van der Waals surface area contributed by atoms with E-state index >= 15 is 0 Å². The Hall–Kier alpha value is -2.56. The molecule has 0 saturated carbocycles. The van der Waals surface area contributed by atoms with E-state index < -0.39 is 5.97 Å². The van der Waals surface area contributed by atoms with Gasteiger partial charge in [0.15, 0.2) is 0 Å². The molecule has 0 aliphatic rings. The fraction of sp³-hybridized carbons (Fsp3) is 0.200. The second kappa shape index (κ2) is 4.85. The number of hydrogen-bond donors (Lipinski definition) is 1. The zero-order valence-corrected chi connectivity index (χ0v) is 11.0. The number of aryl methyl sites for hydroxylation is 1. The molecular formula is C15H14N2O3. The van der Waals surface area contributed by atoms with Crippen LogP contribution in [0.3, 0.4) is 0 Å². The van der Waals surface area contributed by atoms with Crippen LogP contribution in [0.25, 0.3) is 11.0 Å². The van der Waals surface area contributed by atoms with Gasteiger partial charge in [-0.25, -0.2) is 9.78 Å². The van der Waals surface area contributed by atoms with Gasteiger partial charge in [-0.05, 0) is 24.3 Å². The summed E-state index contributed by atoms with van der Waals surface area (Å²) in [5.74, 6) is 0.683. The lowest BCUT2D eigenvalue weighted by Gasteiger charge is -2.07. The number of carbonyl (C=O) groups is 1. The summed E-state index contributed by atoms with van der Waals surface area (Å²) in [5, 5.41) is 9.35. The lowest BCUT2D eigenvalue weighted by Crippen LogP contribution is -2.07. The molecular weight excluding hydrogens is 256 g/mol. The predicted octanol–water partition coefficient (Wildman–Crippen LogP) is 2.94. The molecule has 0 saturated heterocycles. The maximum Gasteiger partial charge on any atom is 0.337 e. The molecule has 3 aromatic rings. The smallest absolute Gasteiger partial charge is 0.337 e. The first-order chi connectivity index (χ1) is 9.70. The van der Waals surface area contributed by atoms with Gasteiger partial charge in [0.2, 0.25) is 0 Å². The average Bonchev–Trinajstić information content (AvgIpc) is 3.06. The normalized spacial score (nSPS) is 11.1. The van der Waals surface area contributed by atoms with Crippen molar-refractivity contribution in [2.45, 2.75) is 19.9 Å². The van der Waals surface area contributed by atoms with Crippen LogP contribution in [0.1, 0.15) is 28.9 Å². The molecule has 0 spiro atoms. The quantitative estimate of drug-likeness (QED) is 0.791. The van der Waals surface area contributed by atoms with Crippen molar-refractivity contribution in [3.8, 4) is 0 Å². The summed E-state index contributed by atoms with van der Waals surface area (Å²) in [4.78, 5) is 15.9. The second-order valence-corrected chi connectivity index (χ2v) is 4.53. The fourth-order valence-electron chi connectivity index (χ4n) is 2.40. The van der Waals surface area contributed by atoms with Crippen molar-refractivity contribution in [2.24, 2.45) is 0 Å². The standard InChI is InChI=1S/C15H14N2O3/c1-2-13-16-12-7-3-6-11(15(18)19)14(12)17(13)9-10-5-4-8-20-10/h3-8H,2,9H2,1H3,(H,18,19). The third-order valence-corrected chi connectivity index (χ3v) is 3.29. The molecule has 0 amide bonds. The first-order valence-electron chi connectivity index (χ1n) is 6.44. The van der Waals surface area contributed by atoms with E-state index in [1.807, 2.05) is 29.7 Å². The van der Waals surface area contributed by atoms with Crippen molar-refractivity contribution in [2.75, 3.05) is 0 Å². The number of aromatic nitrogens is 2. The number of fused-ring (bicyclic) bond motifs is 1. The van der Waals surface area contributed by atoms with Gasteiger partial charge in [-0.3, -0.25) is 0 Å². The second-order valence-electron chi connectivity index (χ2n) is 4.53. The third-order valence-electron chi connectivity index (χ3n) is 3.29. The van der Waals surface area contributed by atoms with Crippen LogP contribution in [0.15, 0.2) is 41.0 Å². The highest BCUT2D eigenvalue weighted by molar-refractivity contribution is 6.01. The van der Waals surface area contributed by atoms with E-state index in [9.17, 15) is 9.90 Å². The maximum atomic E-state index is 11.4. The molecule has 0 aliphatic carbocycles. The summed E-state index contributed by atoms with van der Waals surface area (Å²) >= 11 is 0. The maximum absolute atomic E-state index is 11.4. The molecule has 5 nitrogen and oxygen atoms in total. The SMILES string of the molecule is CCc1nc2cccc(C(=O)O)c2n1Cc1ccco1. The Balaban J connectivity index is 2.24. The van der Waals surface area contributed by atoms with Crippen LogP contribution in [0.2, 0.25) is 0 Å². The van der Waals surface area contributed by atoms with Crippen LogP contribution in [-0.4, -0.2) is 20.6 Å². The number of carboxylic acids is 1. The van der Waals surface area contributed by atoms with Gasteiger partial charge in [0, 0.05) is 6.42 Å². The van der Waals surface area contributed by atoms with Gasteiger partial charge in [-0.2, -0.15) is 0 Å². The lowest BCUT2D eigenvalue weighted by atomic mass is 10.2. The van der Waals surface area contributed by atoms with Crippen molar-refractivity contribution >= 4 is 17.0 Å². The Kier molecular flexibility index (Phi) is 3.02. The molecule has 102 valence electrons. The number of hydrogen-bond acceptors (Lipinski definition) is 3. The van der Waals surface area contributed by atoms with Crippen LogP contribution >= 0.6 is 0 Å². The molecule has 0 atom stereocenters. The zero-order valence-electron chi connectivity index (χ0n) is 11.0. The molecule has 3 rings (SSSR count). The van der Waals surface area contributed by atoms with E-state index in [4.69, 9.17) is 4.42 Å². The van der Waals surface area contributed by atoms with E-state index in [0.717, 1.165) is 18.0 Å². The molecule has 0 bridgehead atoms. The molecule has 1 N–H and O–H groups in total. The van der Waals surface area contributed by atoms with Crippen LogP contribution in [0.5, 0.6) is 0 Å². The highest BCUT2D eigenvalue weighted by Crippen LogP contribution is 2.22. The molecule has 2 heterocycles. The number of carboxylic acid groups (broad SMARTS) is 1. The molecule has 0 radical (unpaired) electrons. The first-order valence-corrected chi connectivity index (χ1v) is 6.44. The predicted molar refractivity (Wildman–Crippen MR) is 73.9 cm³/mol. The van der Waals surface area contributed by atoms with Crippen LogP contribution in [0, 0.1) is 0 Å². The molecule has 0 unspecified atom stereocenters. The van der Waals surface area contributed by atoms with Gasteiger partial charge >= 0.3 is 5.97 Å². The number of aromatic carboxylic acids is 1. The van der Waals surface area contributed by atoms with Crippen molar-refractivity contribution in [3.63, 3.8) is 0 Å². The highest BCUT2D eigenvalue weighted by atomic mass is 16.4. The minimum atomic E-state index is -0.946. The molecule has 0 fully saturated rings. The molecule has 2 aromatic heterocycles. The molecule has 5 heteroatoms. The van der Waals surface area contributed by atoms with Crippen LogP contribution < -0.4 is 0 Å². The lowest BCUT2D eigenvalue weighted by molar-refractivity contribution is 0.0698. The van der Waals surface area contributed by atoms with Crippen LogP contribution in [0.4, 0.5) is 0 Å². The number of benzene rings is 1.